The minimum atomic E-state index is -0.799. The first-order valence-electron chi connectivity index (χ1n) is 13.3. The summed E-state index contributed by atoms with van der Waals surface area (Å²) in [6, 6.07) is 19.5. The number of thiazole rings is 1. The summed E-state index contributed by atoms with van der Waals surface area (Å²) in [5, 5.41) is 7.92. The standard InChI is InChI=1S/C30H26ClN5O4S2/c31-25-14-21(12-13-32-25)28-36(30(39)40-15-18-4-2-1-3-5-18)24(17-41-28)27(38)35-29-34-23(16-42-29)19-6-8-20(9-7-19)26(37)33-22-10-11-22/h1-9,12-14,16,22,24,28H,10-11,15,17H2,(H,33,37)(H,34,35,38)/t24-,28?/m0/s1. The molecule has 1 saturated carbocycles. The third-order valence-corrected chi connectivity index (χ3v) is 9.13. The molecule has 9 nitrogen and oxygen atoms in total. The van der Waals surface area contributed by atoms with Gasteiger partial charge in [-0.3, -0.25) is 14.5 Å². The largest absolute Gasteiger partial charge is 0.444 e. The van der Waals surface area contributed by atoms with E-state index in [4.69, 9.17) is 16.3 Å². The van der Waals surface area contributed by atoms with Crippen molar-refractivity contribution in [2.75, 3.05) is 11.1 Å². The van der Waals surface area contributed by atoms with Crippen molar-refractivity contribution in [1.29, 1.82) is 0 Å². The van der Waals surface area contributed by atoms with Crippen LogP contribution in [0.15, 0.2) is 78.3 Å². The number of nitrogens with one attached hydrogen (secondary N) is 2. The zero-order valence-corrected chi connectivity index (χ0v) is 24.6. The Labute approximate surface area is 255 Å². The quantitative estimate of drug-likeness (QED) is 0.228. The van der Waals surface area contributed by atoms with Crippen molar-refractivity contribution in [3.8, 4) is 11.3 Å². The maximum absolute atomic E-state index is 13.5. The van der Waals surface area contributed by atoms with Crippen molar-refractivity contribution >= 4 is 57.7 Å². The summed E-state index contributed by atoms with van der Waals surface area (Å²) in [5.41, 5.74) is 3.69. The highest BCUT2D eigenvalue weighted by molar-refractivity contribution is 7.99. The molecule has 2 atom stereocenters. The number of hydrogen-bond donors (Lipinski definition) is 2. The first kappa shape index (κ1) is 28.2. The summed E-state index contributed by atoms with van der Waals surface area (Å²) in [7, 11) is 0. The molecule has 3 heterocycles. The van der Waals surface area contributed by atoms with Crippen LogP contribution in [-0.2, 0) is 16.1 Å². The molecule has 6 rings (SSSR count). The molecule has 42 heavy (non-hydrogen) atoms. The molecule has 1 unspecified atom stereocenters. The van der Waals surface area contributed by atoms with Gasteiger partial charge in [0, 0.05) is 34.5 Å². The van der Waals surface area contributed by atoms with E-state index in [1.807, 2.05) is 47.8 Å². The maximum atomic E-state index is 13.5. The molecule has 4 aromatic rings. The van der Waals surface area contributed by atoms with Crippen LogP contribution in [0.25, 0.3) is 11.3 Å². The lowest BCUT2D eigenvalue weighted by Gasteiger charge is -2.28. The number of carbonyl (C=O) groups excluding carboxylic acids is 3. The summed E-state index contributed by atoms with van der Waals surface area (Å²) in [5.74, 6) is -0.0850. The molecule has 2 aliphatic rings. The molecule has 0 radical (unpaired) electrons. The van der Waals surface area contributed by atoms with Gasteiger partial charge in [0.2, 0.25) is 5.91 Å². The van der Waals surface area contributed by atoms with Crippen LogP contribution in [0.5, 0.6) is 0 Å². The topological polar surface area (TPSA) is 114 Å². The molecule has 12 heteroatoms. The molecule has 2 aromatic carbocycles. The first-order valence-corrected chi connectivity index (χ1v) is 15.6. The van der Waals surface area contributed by atoms with E-state index in [-0.39, 0.29) is 18.4 Å². The van der Waals surface area contributed by atoms with Crippen molar-refractivity contribution in [3.63, 3.8) is 0 Å². The minimum absolute atomic E-state index is 0.0792. The highest BCUT2D eigenvalue weighted by atomic mass is 35.5. The molecule has 2 N–H and O–H groups in total. The van der Waals surface area contributed by atoms with Crippen molar-refractivity contribution in [2.45, 2.75) is 36.9 Å². The first-order chi connectivity index (χ1) is 20.4. The molecule has 1 aliphatic carbocycles. The van der Waals surface area contributed by atoms with E-state index in [1.54, 1.807) is 30.5 Å². The fourth-order valence-corrected chi connectivity index (χ4v) is 6.81. The minimum Gasteiger partial charge on any atom is -0.444 e. The van der Waals surface area contributed by atoms with Crippen molar-refractivity contribution in [1.82, 2.24) is 20.2 Å². The molecule has 0 bridgehead atoms. The van der Waals surface area contributed by atoms with Gasteiger partial charge in [-0.25, -0.2) is 14.8 Å². The Bertz CT molecular complexity index is 1600. The fraction of sp³-hybridized carbons (Fsp3) is 0.233. The number of thioether (sulfide) groups is 1. The Balaban J connectivity index is 1.15. The van der Waals surface area contributed by atoms with Crippen LogP contribution in [0, 0.1) is 0 Å². The second kappa shape index (κ2) is 12.5. The number of rotatable bonds is 8. The molecular formula is C30H26ClN5O4S2. The van der Waals surface area contributed by atoms with E-state index in [0.29, 0.717) is 33.3 Å². The van der Waals surface area contributed by atoms with Crippen LogP contribution in [0.2, 0.25) is 5.15 Å². The number of amides is 3. The lowest BCUT2D eigenvalue weighted by atomic mass is 10.1. The van der Waals surface area contributed by atoms with E-state index in [0.717, 1.165) is 29.5 Å². The highest BCUT2D eigenvalue weighted by Crippen LogP contribution is 2.42. The normalized spacial score (nSPS) is 18.0. The van der Waals surface area contributed by atoms with Gasteiger partial charge in [0.05, 0.1) is 5.69 Å². The number of aromatic nitrogens is 2. The second-order valence-electron chi connectivity index (χ2n) is 9.91. The lowest BCUT2D eigenvalue weighted by molar-refractivity contribution is -0.120. The van der Waals surface area contributed by atoms with Crippen molar-refractivity contribution in [2.24, 2.45) is 0 Å². The van der Waals surface area contributed by atoms with Crippen LogP contribution in [0.1, 0.15) is 39.7 Å². The lowest BCUT2D eigenvalue weighted by Crippen LogP contribution is -2.45. The monoisotopic (exact) mass is 619 g/mol. The van der Waals surface area contributed by atoms with Gasteiger partial charge in [-0.2, -0.15) is 0 Å². The number of nitrogens with zero attached hydrogens (tertiary/aromatic N) is 3. The van der Waals surface area contributed by atoms with Gasteiger partial charge in [-0.1, -0.05) is 54.1 Å². The Kier molecular flexibility index (Phi) is 8.41. The van der Waals surface area contributed by atoms with Gasteiger partial charge >= 0.3 is 6.09 Å². The molecule has 2 aromatic heterocycles. The average molecular weight is 620 g/mol. The summed E-state index contributed by atoms with van der Waals surface area (Å²) in [6.45, 7) is 0.0792. The number of benzene rings is 2. The molecule has 3 amide bonds. The summed E-state index contributed by atoms with van der Waals surface area (Å²) < 4.78 is 5.64. The van der Waals surface area contributed by atoms with Crippen LogP contribution in [-0.4, -0.2) is 50.6 Å². The third kappa shape index (κ3) is 6.59. The number of ether oxygens (including phenoxy) is 1. The van der Waals surface area contributed by atoms with Crippen LogP contribution in [0.3, 0.4) is 0 Å². The summed E-state index contributed by atoms with van der Waals surface area (Å²) in [6.07, 6.45) is 3.03. The van der Waals surface area contributed by atoms with Crippen LogP contribution >= 0.6 is 34.7 Å². The fourth-order valence-electron chi connectivity index (χ4n) is 4.49. The smallest absolute Gasteiger partial charge is 0.412 e. The molecular weight excluding hydrogens is 594 g/mol. The summed E-state index contributed by atoms with van der Waals surface area (Å²) in [4.78, 5) is 49.3. The van der Waals surface area contributed by atoms with Gasteiger partial charge < -0.3 is 15.4 Å². The zero-order valence-electron chi connectivity index (χ0n) is 22.2. The van der Waals surface area contributed by atoms with Gasteiger partial charge in [-0.05, 0) is 48.2 Å². The van der Waals surface area contributed by atoms with Gasteiger partial charge in [0.25, 0.3) is 5.91 Å². The Morgan fingerprint density at radius 3 is 2.57 bits per heavy atom. The number of anilines is 1. The molecule has 2 fully saturated rings. The summed E-state index contributed by atoms with van der Waals surface area (Å²) >= 11 is 8.87. The average Bonchev–Trinajstić information content (AvgIpc) is 3.50. The predicted molar refractivity (Wildman–Crippen MR) is 163 cm³/mol. The molecule has 0 spiro atoms. The number of carbonyl (C=O) groups is 3. The highest BCUT2D eigenvalue weighted by Gasteiger charge is 2.43. The molecule has 1 aliphatic heterocycles. The van der Waals surface area contributed by atoms with Gasteiger partial charge in [0.1, 0.15) is 23.2 Å². The maximum Gasteiger partial charge on any atom is 0.412 e. The number of pyridine rings is 1. The SMILES string of the molecule is O=C(NC1CC1)c1ccc(-c2csc(NC(=O)[C@@H]3CSC(c4ccnc(Cl)c4)N3C(=O)OCc3ccccc3)n2)cc1. The third-order valence-electron chi connectivity index (χ3n) is 6.84. The van der Waals surface area contributed by atoms with E-state index >= 15 is 0 Å². The van der Waals surface area contributed by atoms with E-state index in [9.17, 15) is 14.4 Å². The van der Waals surface area contributed by atoms with Gasteiger partial charge in [0.15, 0.2) is 5.13 Å². The molecule has 1 saturated heterocycles. The Hall–Kier alpha value is -3.93. The van der Waals surface area contributed by atoms with E-state index in [1.165, 1.54) is 28.0 Å². The number of hydrogen-bond acceptors (Lipinski definition) is 8. The van der Waals surface area contributed by atoms with E-state index < -0.39 is 17.5 Å². The van der Waals surface area contributed by atoms with Crippen LogP contribution < -0.4 is 10.6 Å². The second-order valence-corrected chi connectivity index (χ2v) is 12.3. The number of halogens is 1. The zero-order chi connectivity index (χ0) is 29.1. The predicted octanol–water partition coefficient (Wildman–Crippen LogP) is 6.14. The van der Waals surface area contributed by atoms with E-state index in [2.05, 4.69) is 20.6 Å². The van der Waals surface area contributed by atoms with Gasteiger partial charge in [-0.15, -0.1) is 23.1 Å². The van der Waals surface area contributed by atoms with Crippen LogP contribution in [0.4, 0.5) is 9.93 Å². The van der Waals surface area contributed by atoms with Crippen molar-refractivity contribution < 1.29 is 19.1 Å². The Morgan fingerprint density at radius 1 is 1.05 bits per heavy atom. The Morgan fingerprint density at radius 2 is 1.83 bits per heavy atom. The molecule has 214 valence electrons. The van der Waals surface area contributed by atoms with Crippen molar-refractivity contribution in [3.05, 3.63) is 100 Å².